The lowest BCUT2D eigenvalue weighted by molar-refractivity contribution is -0.138. The third-order valence-corrected chi connectivity index (χ3v) is 5.53. The Hall–Kier alpha value is -1.11. The van der Waals surface area contributed by atoms with Crippen LogP contribution in [-0.4, -0.2) is 36.9 Å². The van der Waals surface area contributed by atoms with Crippen molar-refractivity contribution in [2.24, 2.45) is 5.92 Å². The summed E-state index contributed by atoms with van der Waals surface area (Å²) in [6, 6.07) is 6.01. The predicted molar refractivity (Wildman–Crippen MR) is 75.2 cm³/mol. The van der Waals surface area contributed by atoms with Crippen molar-refractivity contribution >= 4 is 27.6 Å². The molecule has 1 aromatic rings. The first-order chi connectivity index (χ1) is 9.39. The number of aliphatic carboxylic acids is 1. The Kier molecular flexibility index (Phi) is 4.67. The molecule has 0 spiro atoms. The third-order valence-electron chi connectivity index (χ3n) is 3.40. The van der Waals surface area contributed by atoms with E-state index in [9.17, 15) is 13.2 Å². The zero-order valence-corrected chi connectivity index (χ0v) is 12.4. The average Bonchev–Trinajstić information content (AvgIpc) is 2.39. The lowest BCUT2D eigenvalue weighted by Gasteiger charge is -2.31. The first-order valence-corrected chi connectivity index (χ1v) is 8.19. The zero-order chi connectivity index (χ0) is 14.8. The van der Waals surface area contributed by atoms with Gasteiger partial charge in [-0.25, -0.2) is 8.42 Å². The molecular formula is C13H16ClNO4S. The number of carboxylic acid groups (broad SMARTS) is 1. The van der Waals surface area contributed by atoms with Crippen molar-refractivity contribution in [2.45, 2.75) is 24.2 Å². The molecule has 0 aromatic heterocycles. The smallest absolute Gasteiger partial charge is 0.303 e. The maximum absolute atomic E-state index is 12.5. The Bertz CT molecular complexity index is 585. The molecular weight excluding hydrogens is 302 g/mol. The van der Waals surface area contributed by atoms with Gasteiger partial charge in [0.1, 0.15) is 0 Å². The summed E-state index contributed by atoms with van der Waals surface area (Å²) in [6.45, 7) is 0.693. The minimum Gasteiger partial charge on any atom is -0.481 e. The van der Waals surface area contributed by atoms with Crippen molar-refractivity contribution in [3.05, 3.63) is 29.3 Å². The minimum atomic E-state index is -3.57. The molecule has 0 radical (unpaired) electrons. The van der Waals surface area contributed by atoms with Crippen molar-refractivity contribution < 1.29 is 18.3 Å². The van der Waals surface area contributed by atoms with Gasteiger partial charge in [0, 0.05) is 24.5 Å². The van der Waals surface area contributed by atoms with Crippen LogP contribution in [0, 0.1) is 5.92 Å². The molecule has 1 atom stereocenters. The Labute approximate surface area is 123 Å². The second-order valence-corrected chi connectivity index (χ2v) is 7.30. The van der Waals surface area contributed by atoms with Crippen LogP contribution in [0.15, 0.2) is 29.2 Å². The van der Waals surface area contributed by atoms with E-state index in [1.165, 1.54) is 28.6 Å². The summed E-state index contributed by atoms with van der Waals surface area (Å²) in [7, 11) is -3.57. The second-order valence-electron chi connectivity index (χ2n) is 4.92. The van der Waals surface area contributed by atoms with Gasteiger partial charge in [-0.15, -0.1) is 0 Å². The monoisotopic (exact) mass is 317 g/mol. The van der Waals surface area contributed by atoms with Crippen LogP contribution in [-0.2, 0) is 14.8 Å². The second kappa shape index (κ2) is 6.11. The number of halogens is 1. The molecule has 20 heavy (non-hydrogen) atoms. The standard InChI is InChI=1S/C13H16ClNO4S/c14-11-3-5-12(6-4-11)20(18,19)15-7-1-2-10(9-15)8-13(16)17/h3-6,10H,1-2,7-9H2,(H,16,17). The number of hydrogen-bond donors (Lipinski definition) is 1. The highest BCUT2D eigenvalue weighted by atomic mass is 35.5. The lowest BCUT2D eigenvalue weighted by atomic mass is 9.96. The SMILES string of the molecule is O=C(O)CC1CCCN(S(=O)(=O)c2ccc(Cl)cc2)C1. The Morgan fingerprint density at radius 3 is 2.60 bits per heavy atom. The van der Waals surface area contributed by atoms with E-state index in [0.717, 1.165) is 6.42 Å². The van der Waals surface area contributed by atoms with Crippen molar-refractivity contribution in [2.75, 3.05) is 13.1 Å². The van der Waals surface area contributed by atoms with Gasteiger partial charge < -0.3 is 5.11 Å². The quantitative estimate of drug-likeness (QED) is 0.924. The van der Waals surface area contributed by atoms with Crippen LogP contribution in [0.1, 0.15) is 19.3 Å². The molecule has 1 unspecified atom stereocenters. The van der Waals surface area contributed by atoms with Crippen LogP contribution >= 0.6 is 11.6 Å². The molecule has 7 heteroatoms. The first-order valence-electron chi connectivity index (χ1n) is 6.37. The molecule has 1 aliphatic rings. The predicted octanol–water partition coefficient (Wildman–Crippen LogP) is 2.22. The summed E-state index contributed by atoms with van der Waals surface area (Å²) in [5, 5.41) is 9.30. The van der Waals surface area contributed by atoms with E-state index in [2.05, 4.69) is 0 Å². The molecule has 0 bridgehead atoms. The van der Waals surface area contributed by atoms with E-state index in [4.69, 9.17) is 16.7 Å². The fourth-order valence-corrected chi connectivity index (χ4v) is 4.10. The molecule has 0 amide bonds. The molecule has 1 N–H and O–H groups in total. The summed E-state index contributed by atoms with van der Waals surface area (Å²) in [5.74, 6) is -1.01. The first kappa shape index (κ1) is 15.3. The van der Waals surface area contributed by atoms with E-state index in [-0.39, 0.29) is 23.8 Å². The van der Waals surface area contributed by atoms with Gasteiger partial charge in [0.2, 0.25) is 10.0 Å². The number of rotatable bonds is 4. The Balaban J connectivity index is 2.16. The molecule has 0 saturated carbocycles. The van der Waals surface area contributed by atoms with Crippen LogP contribution in [0.5, 0.6) is 0 Å². The number of carboxylic acids is 1. The van der Waals surface area contributed by atoms with Gasteiger partial charge in [-0.3, -0.25) is 4.79 Å². The number of sulfonamides is 1. The van der Waals surface area contributed by atoms with Gasteiger partial charge >= 0.3 is 5.97 Å². The van der Waals surface area contributed by atoms with Crippen molar-refractivity contribution in [1.29, 1.82) is 0 Å². The molecule has 1 heterocycles. The maximum atomic E-state index is 12.5. The van der Waals surface area contributed by atoms with Gasteiger partial charge in [0.15, 0.2) is 0 Å². The van der Waals surface area contributed by atoms with Crippen LogP contribution < -0.4 is 0 Å². The summed E-state index contributed by atoms with van der Waals surface area (Å²) in [6.07, 6.45) is 1.44. The summed E-state index contributed by atoms with van der Waals surface area (Å²) < 4.78 is 26.3. The fraction of sp³-hybridized carbons (Fsp3) is 0.462. The maximum Gasteiger partial charge on any atom is 0.303 e. The third kappa shape index (κ3) is 3.50. The normalized spacial score (nSPS) is 20.8. The van der Waals surface area contributed by atoms with Crippen molar-refractivity contribution in [3.8, 4) is 0 Å². The Morgan fingerprint density at radius 1 is 1.35 bits per heavy atom. The van der Waals surface area contributed by atoms with E-state index < -0.39 is 16.0 Å². The highest BCUT2D eigenvalue weighted by Crippen LogP contribution is 2.26. The van der Waals surface area contributed by atoms with Crippen LogP contribution in [0.3, 0.4) is 0 Å². The zero-order valence-electron chi connectivity index (χ0n) is 10.8. The number of carbonyl (C=O) groups is 1. The molecule has 1 aliphatic heterocycles. The lowest BCUT2D eigenvalue weighted by Crippen LogP contribution is -2.40. The van der Waals surface area contributed by atoms with Crippen LogP contribution in [0.25, 0.3) is 0 Å². The van der Waals surface area contributed by atoms with Crippen LogP contribution in [0.2, 0.25) is 5.02 Å². The van der Waals surface area contributed by atoms with E-state index in [0.29, 0.717) is 18.0 Å². The van der Waals surface area contributed by atoms with Crippen LogP contribution in [0.4, 0.5) is 0 Å². The van der Waals surface area contributed by atoms with Crippen molar-refractivity contribution in [3.63, 3.8) is 0 Å². The number of hydrogen-bond acceptors (Lipinski definition) is 3. The van der Waals surface area contributed by atoms with E-state index >= 15 is 0 Å². The van der Waals surface area contributed by atoms with E-state index in [1.54, 1.807) is 0 Å². The summed E-state index contributed by atoms with van der Waals surface area (Å²) >= 11 is 5.75. The molecule has 1 aromatic carbocycles. The molecule has 1 fully saturated rings. The van der Waals surface area contributed by atoms with Crippen molar-refractivity contribution in [1.82, 2.24) is 4.31 Å². The fourth-order valence-electron chi connectivity index (χ4n) is 2.41. The van der Waals surface area contributed by atoms with Gasteiger partial charge in [-0.2, -0.15) is 4.31 Å². The van der Waals surface area contributed by atoms with Gasteiger partial charge in [0.25, 0.3) is 0 Å². The topological polar surface area (TPSA) is 74.7 Å². The summed E-state index contributed by atoms with van der Waals surface area (Å²) in [5.41, 5.74) is 0. The highest BCUT2D eigenvalue weighted by Gasteiger charge is 2.30. The van der Waals surface area contributed by atoms with Gasteiger partial charge in [-0.1, -0.05) is 11.6 Å². The molecule has 2 rings (SSSR count). The van der Waals surface area contributed by atoms with E-state index in [1.807, 2.05) is 0 Å². The molecule has 110 valence electrons. The molecule has 1 saturated heterocycles. The number of nitrogens with zero attached hydrogens (tertiary/aromatic N) is 1. The van der Waals surface area contributed by atoms with Gasteiger partial charge in [0.05, 0.1) is 4.90 Å². The van der Waals surface area contributed by atoms with Gasteiger partial charge in [-0.05, 0) is 43.0 Å². The molecule has 5 nitrogen and oxygen atoms in total. The molecule has 0 aliphatic carbocycles. The average molecular weight is 318 g/mol. The summed E-state index contributed by atoms with van der Waals surface area (Å²) in [4.78, 5) is 10.9. The Morgan fingerprint density at radius 2 is 2.00 bits per heavy atom. The minimum absolute atomic E-state index is 0.00659. The number of piperidine rings is 1. The largest absolute Gasteiger partial charge is 0.481 e. The highest BCUT2D eigenvalue weighted by molar-refractivity contribution is 7.89. The number of benzene rings is 1.